The van der Waals surface area contributed by atoms with E-state index in [1.54, 1.807) is 6.92 Å². The van der Waals surface area contributed by atoms with Crippen molar-refractivity contribution in [1.82, 2.24) is 0 Å². The molecular formula is C10H9FO. The Morgan fingerprint density at radius 3 is 2.67 bits per heavy atom. The summed E-state index contributed by atoms with van der Waals surface area (Å²) in [7, 11) is 1.53. The summed E-state index contributed by atoms with van der Waals surface area (Å²) in [6, 6.07) is 2.89. The first-order valence-electron chi connectivity index (χ1n) is 3.49. The van der Waals surface area contributed by atoms with Gasteiger partial charge in [0.1, 0.15) is 11.6 Å². The molecule has 0 N–H and O–H groups in total. The number of hydrogen-bond acceptors (Lipinski definition) is 1. The first-order chi connectivity index (χ1) is 5.69. The molecule has 0 spiro atoms. The standard InChI is InChI=1S/C10H9FO/c1-4-8-6-10(12-3)7(2)5-9(8)11/h1,5-6H,2-3H3. The third-order valence-electron chi connectivity index (χ3n) is 1.64. The molecule has 62 valence electrons. The van der Waals surface area contributed by atoms with Crippen LogP contribution in [0.4, 0.5) is 4.39 Å². The van der Waals surface area contributed by atoms with Gasteiger partial charge in [0.2, 0.25) is 0 Å². The molecule has 0 saturated carbocycles. The van der Waals surface area contributed by atoms with Gasteiger partial charge in [0.25, 0.3) is 0 Å². The highest BCUT2D eigenvalue weighted by atomic mass is 19.1. The second-order valence-electron chi connectivity index (χ2n) is 2.45. The summed E-state index contributed by atoms with van der Waals surface area (Å²) in [5.41, 5.74) is 0.978. The molecule has 0 aliphatic rings. The zero-order chi connectivity index (χ0) is 9.14. The number of hydrogen-bond donors (Lipinski definition) is 0. The Bertz CT molecular complexity index is 336. The van der Waals surface area contributed by atoms with Crippen LogP contribution in [0, 0.1) is 25.1 Å². The van der Waals surface area contributed by atoms with E-state index in [1.165, 1.54) is 19.2 Å². The molecule has 1 nitrogen and oxygen atoms in total. The molecule has 0 aliphatic heterocycles. The van der Waals surface area contributed by atoms with Crippen molar-refractivity contribution in [3.8, 4) is 18.1 Å². The summed E-state index contributed by atoms with van der Waals surface area (Å²) in [6.45, 7) is 1.77. The van der Waals surface area contributed by atoms with Gasteiger partial charge in [-0.05, 0) is 24.6 Å². The molecule has 0 aliphatic carbocycles. The number of halogens is 1. The van der Waals surface area contributed by atoms with Crippen LogP contribution in [0.3, 0.4) is 0 Å². The van der Waals surface area contributed by atoms with Crippen molar-refractivity contribution < 1.29 is 9.13 Å². The van der Waals surface area contributed by atoms with Crippen LogP contribution >= 0.6 is 0 Å². The van der Waals surface area contributed by atoms with Gasteiger partial charge < -0.3 is 4.74 Å². The second kappa shape index (κ2) is 3.27. The zero-order valence-corrected chi connectivity index (χ0v) is 7.02. The van der Waals surface area contributed by atoms with E-state index in [0.717, 1.165) is 5.56 Å². The summed E-state index contributed by atoms with van der Waals surface area (Å²) in [5, 5.41) is 0. The quantitative estimate of drug-likeness (QED) is 0.578. The molecule has 0 aromatic heterocycles. The summed E-state index contributed by atoms with van der Waals surface area (Å²) in [5.74, 6) is 2.48. The molecule has 0 saturated heterocycles. The fourth-order valence-corrected chi connectivity index (χ4v) is 0.983. The maximum atomic E-state index is 13.0. The topological polar surface area (TPSA) is 9.23 Å². The van der Waals surface area contributed by atoms with E-state index in [1.807, 2.05) is 0 Å². The van der Waals surface area contributed by atoms with E-state index in [-0.39, 0.29) is 11.4 Å². The minimum atomic E-state index is -0.379. The van der Waals surface area contributed by atoms with Crippen LogP contribution in [0.25, 0.3) is 0 Å². The lowest BCUT2D eigenvalue weighted by atomic mass is 10.1. The largest absolute Gasteiger partial charge is 0.496 e. The van der Waals surface area contributed by atoms with Crippen LogP contribution in [-0.2, 0) is 0 Å². The number of aryl methyl sites for hydroxylation is 1. The van der Waals surface area contributed by atoms with Gasteiger partial charge in [-0.1, -0.05) is 5.92 Å². The van der Waals surface area contributed by atoms with Crippen molar-refractivity contribution >= 4 is 0 Å². The molecule has 2 heteroatoms. The van der Waals surface area contributed by atoms with E-state index in [0.29, 0.717) is 5.75 Å². The van der Waals surface area contributed by atoms with Crippen LogP contribution in [0.2, 0.25) is 0 Å². The predicted molar refractivity (Wildman–Crippen MR) is 45.6 cm³/mol. The molecular weight excluding hydrogens is 155 g/mol. The van der Waals surface area contributed by atoms with Gasteiger partial charge in [-0.2, -0.15) is 0 Å². The SMILES string of the molecule is C#Cc1cc(OC)c(C)cc1F. The van der Waals surface area contributed by atoms with E-state index >= 15 is 0 Å². The van der Waals surface area contributed by atoms with Gasteiger partial charge in [0.05, 0.1) is 12.7 Å². The van der Waals surface area contributed by atoms with E-state index in [2.05, 4.69) is 5.92 Å². The van der Waals surface area contributed by atoms with Gasteiger partial charge in [0, 0.05) is 0 Å². The normalized spacial score (nSPS) is 9.17. The number of rotatable bonds is 1. The van der Waals surface area contributed by atoms with E-state index in [9.17, 15) is 4.39 Å². The number of ether oxygens (including phenoxy) is 1. The van der Waals surface area contributed by atoms with E-state index < -0.39 is 0 Å². The number of benzene rings is 1. The second-order valence-corrected chi connectivity index (χ2v) is 2.45. The van der Waals surface area contributed by atoms with Gasteiger partial charge in [-0.3, -0.25) is 0 Å². The van der Waals surface area contributed by atoms with Crippen molar-refractivity contribution in [2.75, 3.05) is 7.11 Å². The lowest BCUT2D eigenvalue weighted by Crippen LogP contribution is -1.91. The molecule has 0 unspecified atom stereocenters. The molecule has 0 atom stereocenters. The smallest absolute Gasteiger partial charge is 0.139 e. The van der Waals surface area contributed by atoms with Crippen LogP contribution in [0.15, 0.2) is 12.1 Å². The summed E-state index contributed by atoms with van der Waals surface area (Å²) >= 11 is 0. The van der Waals surface area contributed by atoms with Gasteiger partial charge in [-0.25, -0.2) is 4.39 Å². The predicted octanol–water partition coefficient (Wildman–Crippen LogP) is 2.12. The third kappa shape index (κ3) is 1.40. The van der Waals surface area contributed by atoms with Gasteiger partial charge in [-0.15, -0.1) is 6.42 Å². The van der Waals surface area contributed by atoms with Crippen molar-refractivity contribution in [1.29, 1.82) is 0 Å². The first-order valence-corrected chi connectivity index (χ1v) is 3.49. The molecule has 0 fully saturated rings. The lowest BCUT2D eigenvalue weighted by molar-refractivity contribution is 0.410. The highest BCUT2D eigenvalue weighted by Crippen LogP contribution is 2.21. The van der Waals surface area contributed by atoms with Crippen molar-refractivity contribution in [2.45, 2.75) is 6.92 Å². The number of methoxy groups -OCH3 is 1. The van der Waals surface area contributed by atoms with Crippen molar-refractivity contribution in [3.05, 3.63) is 29.1 Å². The van der Waals surface area contributed by atoms with E-state index in [4.69, 9.17) is 11.2 Å². The molecule has 0 radical (unpaired) electrons. The maximum Gasteiger partial charge on any atom is 0.139 e. The van der Waals surface area contributed by atoms with Crippen molar-refractivity contribution in [2.24, 2.45) is 0 Å². The number of terminal acetylenes is 1. The molecule has 0 heterocycles. The van der Waals surface area contributed by atoms with Crippen LogP contribution in [0.1, 0.15) is 11.1 Å². The fraction of sp³-hybridized carbons (Fsp3) is 0.200. The zero-order valence-electron chi connectivity index (χ0n) is 7.02. The third-order valence-corrected chi connectivity index (χ3v) is 1.64. The van der Waals surface area contributed by atoms with Crippen LogP contribution in [0.5, 0.6) is 5.75 Å². The maximum absolute atomic E-state index is 13.0. The highest BCUT2D eigenvalue weighted by Gasteiger charge is 2.04. The fourth-order valence-electron chi connectivity index (χ4n) is 0.983. The average Bonchev–Trinajstić information content (AvgIpc) is 2.05. The van der Waals surface area contributed by atoms with Crippen LogP contribution < -0.4 is 4.74 Å². The minimum Gasteiger partial charge on any atom is -0.496 e. The minimum absolute atomic E-state index is 0.234. The Hall–Kier alpha value is -1.49. The van der Waals surface area contributed by atoms with Crippen molar-refractivity contribution in [3.63, 3.8) is 0 Å². The molecule has 1 rings (SSSR count). The molecule has 12 heavy (non-hydrogen) atoms. The molecule has 1 aromatic carbocycles. The summed E-state index contributed by atoms with van der Waals surface area (Å²) in [4.78, 5) is 0. The van der Waals surface area contributed by atoms with Crippen LogP contribution in [-0.4, -0.2) is 7.11 Å². The highest BCUT2D eigenvalue weighted by molar-refractivity contribution is 5.44. The lowest BCUT2D eigenvalue weighted by Gasteiger charge is -2.04. The molecule has 0 amide bonds. The Kier molecular flexibility index (Phi) is 2.35. The Morgan fingerprint density at radius 1 is 1.50 bits per heavy atom. The Labute approximate surface area is 71.2 Å². The molecule has 1 aromatic rings. The van der Waals surface area contributed by atoms with Gasteiger partial charge >= 0.3 is 0 Å². The average molecular weight is 164 g/mol. The Balaban J connectivity index is 3.30. The van der Waals surface area contributed by atoms with Gasteiger partial charge in [0.15, 0.2) is 0 Å². The summed E-state index contributed by atoms with van der Waals surface area (Å²) in [6.07, 6.45) is 5.08. The monoisotopic (exact) mass is 164 g/mol. The Morgan fingerprint density at radius 2 is 2.17 bits per heavy atom. The first kappa shape index (κ1) is 8.61. The molecule has 0 bridgehead atoms. The summed E-state index contributed by atoms with van der Waals surface area (Å²) < 4.78 is 17.9.